The van der Waals surface area contributed by atoms with Crippen LogP contribution < -0.4 is 16.1 Å². The number of nitrogens with zero attached hydrogens (tertiary/aromatic N) is 2. The van der Waals surface area contributed by atoms with E-state index < -0.39 is 11.8 Å². The van der Waals surface area contributed by atoms with Crippen LogP contribution in [0.15, 0.2) is 84.1 Å². The molecular formula is C24H17ClFN5O2. The van der Waals surface area contributed by atoms with Crippen LogP contribution in [0.3, 0.4) is 0 Å². The fourth-order valence-electron chi connectivity index (χ4n) is 2.98. The predicted molar refractivity (Wildman–Crippen MR) is 127 cm³/mol. The molecule has 4 aromatic rings. The van der Waals surface area contributed by atoms with Crippen LogP contribution >= 0.6 is 11.6 Å². The summed E-state index contributed by atoms with van der Waals surface area (Å²) in [5.74, 6) is -2.18. The molecule has 0 atom stereocenters. The monoisotopic (exact) mass is 461 g/mol. The van der Waals surface area contributed by atoms with Gasteiger partial charge in [-0.3, -0.25) is 14.6 Å². The number of pyridine rings is 1. The van der Waals surface area contributed by atoms with Crippen molar-refractivity contribution in [3.05, 3.63) is 95.4 Å². The maximum absolute atomic E-state index is 12.9. The Hall–Kier alpha value is -4.30. The summed E-state index contributed by atoms with van der Waals surface area (Å²) in [6.45, 7) is 0. The molecule has 0 aliphatic heterocycles. The summed E-state index contributed by atoms with van der Waals surface area (Å²) in [5, 5.41) is 11.0. The fourth-order valence-corrected chi connectivity index (χ4v) is 3.14. The third-order valence-electron chi connectivity index (χ3n) is 4.58. The second-order valence-corrected chi connectivity index (χ2v) is 7.36. The molecule has 0 bridgehead atoms. The molecule has 2 amide bonds. The average Bonchev–Trinajstić information content (AvgIpc) is 2.81. The van der Waals surface area contributed by atoms with Gasteiger partial charge in [0, 0.05) is 33.7 Å². The molecule has 7 nitrogen and oxygen atoms in total. The largest absolute Gasteiger partial charge is 0.355 e. The lowest BCUT2D eigenvalue weighted by Gasteiger charge is -2.11. The zero-order valence-corrected chi connectivity index (χ0v) is 17.8. The highest BCUT2D eigenvalue weighted by molar-refractivity contribution is 6.39. The van der Waals surface area contributed by atoms with E-state index in [-0.39, 0.29) is 5.82 Å². The quantitative estimate of drug-likeness (QED) is 0.225. The minimum atomic E-state index is -0.933. The third kappa shape index (κ3) is 5.69. The Bertz CT molecular complexity index is 1340. The molecule has 0 aliphatic rings. The van der Waals surface area contributed by atoms with E-state index in [9.17, 15) is 14.0 Å². The van der Waals surface area contributed by atoms with Crippen molar-refractivity contribution < 1.29 is 14.0 Å². The Morgan fingerprint density at radius 2 is 1.64 bits per heavy atom. The number of aromatic nitrogens is 1. The van der Waals surface area contributed by atoms with Crippen molar-refractivity contribution in [2.75, 3.05) is 10.6 Å². The standard InChI is InChI=1S/C24H17ClFN5O2/c25-16-3-10-20-21(11-12-27-22(20)13-16)29-18-6-8-19(9-7-18)30-23(32)24(33)31-28-14-15-1-4-17(26)5-2-15/h1-14H,(H,27,29)(H,30,32)(H,31,33)/b28-14+. The molecule has 164 valence electrons. The highest BCUT2D eigenvalue weighted by Gasteiger charge is 2.13. The third-order valence-corrected chi connectivity index (χ3v) is 4.82. The van der Waals surface area contributed by atoms with Gasteiger partial charge >= 0.3 is 11.8 Å². The van der Waals surface area contributed by atoms with Gasteiger partial charge in [-0.05, 0) is 66.2 Å². The molecule has 33 heavy (non-hydrogen) atoms. The molecule has 0 fully saturated rings. The van der Waals surface area contributed by atoms with Gasteiger partial charge in [-0.25, -0.2) is 9.82 Å². The molecule has 0 aliphatic carbocycles. The molecule has 3 aromatic carbocycles. The van der Waals surface area contributed by atoms with Gasteiger partial charge in [-0.15, -0.1) is 0 Å². The van der Waals surface area contributed by atoms with Crippen LogP contribution in [0, 0.1) is 5.82 Å². The summed E-state index contributed by atoms with van der Waals surface area (Å²) < 4.78 is 12.9. The van der Waals surface area contributed by atoms with Crippen molar-refractivity contribution >= 4 is 57.6 Å². The summed E-state index contributed by atoms with van der Waals surface area (Å²) in [4.78, 5) is 28.3. The smallest absolute Gasteiger partial charge is 0.329 e. The summed E-state index contributed by atoms with van der Waals surface area (Å²) >= 11 is 6.03. The van der Waals surface area contributed by atoms with Crippen LogP contribution in [0.25, 0.3) is 10.9 Å². The van der Waals surface area contributed by atoms with Crippen molar-refractivity contribution in [2.24, 2.45) is 5.10 Å². The molecule has 0 radical (unpaired) electrons. The van der Waals surface area contributed by atoms with Gasteiger partial charge in [0.25, 0.3) is 0 Å². The second kappa shape index (κ2) is 9.88. The highest BCUT2D eigenvalue weighted by atomic mass is 35.5. The molecule has 3 N–H and O–H groups in total. The number of nitrogens with one attached hydrogen (secondary N) is 3. The van der Waals surface area contributed by atoms with Gasteiger partial charge in [0.05, 0.1) is 11.7 Å². The number of rotatable bonds is 5. The zero-order chi connectivity index (χ0) is 23.2. The first-order valence-corrected chi connectivity index (χ1v) is 10.2. The van der Waals surface area contributed by atoms with Crippen molar-refractivity contribution in [2.45, 2.75) is 0 Å². The molecule has 1 aromatic heterocycles. The molecule has 0 spiro atoms. The SMILES string of the molecule is O=C(N/N=C/c1ccc(F)cc1)C(=O)Nc1ccc(Nc2ccnc3cc(Cl)ccc23)cc1. The maximum Gasteiger partial charge on any atom is 0.329 e. The summed E-state index contributed by atoms with van der Waals surface area (Å²) in [6, 6.07) is 19.7. The van der Waals surface area contributed by atoms with Gasteiger partial charge in [-0.1, -0.05) is 23.7 Å². The Labute approximate surface area is 193 Å². The van der Waals surface area contributed by atoms with Crippen molar-refractivity contribution in [1.82, 2.24) is 10.4 Å². The van der Waals surface area contributed by atoms with Crippen molar-refractivity contribution in [1.29, 1.82) is 0 Å². The van der Waals surface area contributed by atoms with Crippen LogP contribution in [-0.4, -0.2) is 23.0 Å². The molecule has 4 rings (SSSR count). The normalized spacial score (nSPS) is 10.8. The topological polar surface area (TPSA) is 95.5 Å². The van der Waals surface area contributed by atoms with Crippen LogP contribution in [-0.2, 0) is 9.59 Å². The number of benzene rings is 3. The Kier molecular flexibility index (Phi) is 6.56. The Balaban J connectivity index is 1.35. The van der Waals surface area contributed by atoms with Crippen LogP contribution in [0.1, 0.15) is 5.56 Å². The fraction of sp³-hybridized carbons (Fsp3) is 0. The first-order chi connectivity index (χ1) is 16.0. The van der Waals surface area contributed by atoms with Gasteiger partial charge in [0.2, 0.25) is 0 Å². The van der Waals surface area contributed by atoms with Gasteiger partial charge in [0.15, 0.2) is 0 Å². The first kappa shape index (κ1) is 21.9. The van der Waals surface area contributed by atoms with E-state index in [0.717, 1.165) is 22.3 Å². The number of carbonyl (C=O) groups is 2. The van der Waals surface area contributed by atoms with Crippen molar-refractivity contribution in [3.8, 4) is 0 Å². The Morgan fingerprint density at radius 3 is 2.39 bits per heavy atom. The highest BCUT2D eigenvalue weighted by Crippen LogP contribution is 2.27. The van der Waals surface area contributed by atoms with Gasteiger partial charge in [0.1, 0.15) is 5.82 Å². The Morgan fingerprint density at radius 1 is 0.909 bits per heavy atom. The lowest BCUT2D eigenvalue weighted by molar-refractivity contribution is -0.136. The second-order valence-electron chi connectivity index (χ2n) is 6.93. The van der Waals surface area contributed by atoms with Crippen molar-refractivity contribution in [3.63, 3.8) is 0 Å². The number of amides is 2. The number of fused-ring (bicyclic) bond motifs is 1. The number of carbonyl (C=O) groups excluding carboxylic acids is 2. The predicted octanol–water partition coefficient (Wildman–Crippen LogP) is 4.86. The molecular weight excluding hydrogens is 445 g/mol. The number of halogens is 2. The van der Waals surface area contributed by atoms with E-state index in [0.29, 0.717) is 16.3 Å². The zero-order valence-electron chi connectivity index (χ0n) is 17.0. The van der Waals surface area contributed by atoms with Crippen LogP contribution in [0.2, 0.25) is 5.02 Å². The molecule has 0 saturated carbocycles. The van der Waals surface area contributed by atoms with E-state index >= 15 is 0 Å². The lowest BCUT2D eigenvalue weighted by atomic mass is 10.2. The van der Waals surface area contributed by atoms with Crippen LogP contribution in [0.5, 0.6) is 0 Å². The van der Waals surface area contributed by atoms with E-state index in [1.165, 1.54) is 30.5 Å². The average molecular weight is 462 g/mol. The molecule has 1 heterocycles. The molecule has 9 heteroatoms. The number of hydrogen-bond acceptors (Lipinski definition) is 5. The van der Waals surface area contributed by atoms with E-state index in [1.54, 1.807) is 42.6 Å². The number of hydrogen-bond donors (Lipinski definition) is 3. The maximum atomic E-state index is 12.9. The number of anilines is 3. The minimum absolute atomic E-state index is 0.379. The van der Waals surface area contributed by atoms with E-state index in [1.807, 2.05) is 12.1 Å². The molecule has 0 saturated heterocycles. The van der Waals surface area contributed by atoms with E-state index in [2.05, 4.69) is 26.1 Å². The van der Waals surface area contributed by atoms with Gasteiger partial charge in [-0.2, -0.15) is 5.10 Å². The lowest BCUT2D eigenvalue weighted by Crippen LogP contribution is -2.32. The van der Waals surface area contributed by atoms with E-state index in [4.69, 9.17) is 11.6 Å². The first-order valence-electron chi connectivity index (χ1n) is 9.79. The summed E-state index contributed by atoms with van der Waals surface area (Å²) in [6.07, 6.45) is 2.99. The van der Waals surface area contributed by atoms with Gasteiger partial charge < -0.3 is 10.6 Å². The minimum Gasteiger partial charge on any atom is -0.355 e. The molecule has 0 unspecified atom stereocenters. The summed E-state index contributed by atoms with van der Waals surface area (Å²) in [5.41, 5.74) is 5.54. The number of hydrazone groups is 1. The van der Waals surface area contributed by atoms with Crippen LogP contribution in [0.4, 0.5) is 21.5 Å². The summed E-state index contributed by atoms with van der Waals surface area (Å²) in [7, 11) is 0.